The first kappa shape index (κ1) is 19.0. The molecule has 0 radical (unpaired) electrons. The van der Waals surface area contributed by atoms with Crippen molar-refractivity contribution in [3.8, 4) is 11.5 Å². The van der Waals surface area contributed by atoms with Crippen molar-refractivity contribution in [1.82, 2.24) is 5.43 Å². The van der Waals surface area contributed by atoms with Crippen molar-refractivity contribution < 1.29 is 14.6 Å². The van der Waals surface area contributed by atoms with Crippen molar-refractivity contribution in [2.45, 2.75) is 6.92 Å². The van der Waals surface area contributed by atoms with Gasteiger partial charge in [-0.2, -0.15) is 5.10 Å². The van der Waals surface area contributed by atoms with Gasteiger partial charge in [-0.3, -0.25) is 4.90 Å². The summed E-state index contributed by atoms with van der Waals surface area (Å²) in [6.07, 6.45) is 1.49. The molecule has 0 spiro atoms. The van der Waals surface area contributed by atoms with Crippen molar-refractivity contribution in [3.05, 3.63) is 84.4 Å². The van der Waals surface area contributed by atoms with Gasteiger partial charge in [0.2, 0.25) is 0 Å². The van der Waals surface area contributed by atoms with Crippen LogP contribution in [-0.4, -0.2) is 24.0 Å². The molecule has 3 aromatic rings. The number of rotatable bonds is 6. The number of nitrogens with zero attached hydrogens (tertiary/aromatic N) is 2. The first-order valence-electron chi connectivity index (χ1n) is 8.88. The van der Waals surface area contributed by atoms with Crippen molar-refractivity contribution in [3.63, 3.8) is 0 Å². The summed E-state index contributed by atoms with van der Waals surface area (Å²) in [4.78, 5) is 14.3. The molecule has 28 heavy (non-hydrogen) atoms. The van der Waals surface area contributed by atoms with Gasteiger partial charge in [-0.15, -0.1) is 0 Å². The van der Waals surface area contributed by atoms with Crippen LogP contribution in [0.2, 0.25) is 0 Å². The highest BCUT2D eigenvalue weighted by molar-refractivity contribution is 5.99. The molecule has 3 aromatic carbocycles. The second kappa shape index (κ2) is 9.23. The molecule has 0 aliphatic heterocycles. The van der Waals surface area contributed by atoms with Crippen molar-refractivity contribution in [2.24, 2.45) is 5.10 Å². The third-order valence-electron chi connectivity index (χ3n) is 3.89. The molecule has 6 nitrogen and oxygen atoms in total. The minimum atomic E-state index is -0.391. The molecular weight excluding hydrogens is 354 g/mol. The molecule has 3 rings (SSSR count). The summed E-state index contributed by atoms with van der Waals surface area (Å²) in [5.74, 6) is 0.426. The second-order valence-corrected chi connectivity index (χ2v) is 5.84. The summed E-state index contributed by atoms with van der Waals surface area (Å²) in [6.45, 7) is 2.27. The third kappa shape index (κ3) is 4.67. The lowest BCUT2D eigenvalue weighted by molar-refractivity contribution is 0.249. The Balaban J connectivity index is 1.78. The van der Waals surface area contributed by atoms with Crippen LogP contribution in [0.25, 0.3) is 0 Å². The Hall–Kier alpha value is -3.80. The molecule has 0 bridgehead atoms. The van der Waals surface area contributed by atoms with Crippen LogP contribution in [0, 0.1) is 0 Å². The Morgan fingerprint density at radius 3 is 2.21 bits per heavy atom. The van der Waals surface area contributed by atoms with Gasteiger partial charge in [-0.1, -0.05) is 36.4 Å². The minimum Gasteiger partial charge on any atom is -0.504 e. The quantitative estimate of drug-likeness (QED) is 0.485. The van der Waals surface area contributed by atoms with Gasteiger partial charge in [0, 0.05) is 0 Å². The number of phenols is 1. The molecule has 0 aromatic heterocycles. The van der Waals surface area contributed by atoms with E-state index in [0.717, 1.165) is 11.4 Å². The normalized spacial score (nSPS) is 10.6. The Morgan fingerprint density at radius 1 is 1.04 bits per heavy atom. The number of anilines is 2. The first-order chi connectivity index (χ1) is 13.7. The number of carbonyl (C=O) groups excluding carboxylic acids is 1. The number of carbonyl (C=O) groups is 1. The smallest absolute Gasteiger partial charge is 0.346 e. The van der Waals surface area contributed by atoms with Gasteiger partial charge in [0.15, 0.2) is 11.5 Å². The van der Waals surface area contributed by atoms with E-state index in [1.54, 1.807) is 17.0 Å². The number of amides is 2. The van der Waals surface area contributed by atoms with E-state index in [1.807, 2.05) is 67.6 Å². The fourth-order valence-corrected chi connectivity index (χ4v) is 2.63. The second-order valence-electron chi connectivity index (χ2n) is 5.84. The lowest BCUT2D eigenvalue weighted by Crippen LogP contribution is -2.34. The number of hydrazone groups is 1. The third-order valence-corrected chi connectivity index (χ3v) is 3.89. The summed E-state index contributed by atoms with van der Waals surface area (Å²) < 4.78 is 5.35. The maximum Gasteiger partial charge on any atom is 0.346 e. The van der Waals surface area contributed by atoms with E-state index in [0.29, 0.717) is 17.9 Å². The van der Waals surface area contributed by atoms with Crippen LogP contribution in [0.3, 0.4) is 0 Å². The number of aromatic hydroxyl groups is 1. The fraction of sp³-hybridized carbons (Fsp3) is 0.0909. The molecule has 0 aliphatic carbocycles. The van der Waals surface area contributed by atoms with Gasteiger partial charge in [0.25, 0.3) is 0 Å². The van der Waals surface area contributed by atoms with E-state index in [4.69, 9.17) is 4.74 Å². The number of urea groups is 1. The van der Waals surface area contributed by atoms with Crippen LogP contribution in [0.15, 0.2) is 84.0 Å². The summed E-state index contributed by atoms with van der Waals surface area (Å²) in [7, 11) is 0. The fourth-order valence-electron chi connectivity index (χ4n) is 2.63. The van der Waals surface area contributed by atoms with Crippen LogP contribution in [0.1, 0.15) is 12.5 Å². The molecule has 6 heteroatoms. The molecule has 0 aliphatic rings. The number of nitrogens with one attached hydrogen (secondary N) is 1. The average molecular weight is 375 g/mol. The molecule has 0 heterocycles. The van der Waals surface area contributed by atoms with Gasteiger partial charge >= 0.3 is 6.03 Å². The molecule has 0 atom stereocenters. The highest BCUT2D eigenvalue weighted by atomic mass is 16.5. The zero-order chi connectivity index (χ0) is 19.8. The Bertz CT molecular complexity index is 904. The molecule has 0 unspecified atom stereocenters. The molecule has 0 saturated heterocycles. The topological polar surface area (TPSA) is 74.2 Å². The standard InChI is InChI=1S/C22H21N3O3/c1-2-28-21-15-17(13-14-20(21)26)16-23-24-22(27)25(18-9-5-3-6-10-18)19-11-7-4-8-12-19/h3-16,26H,2H2,1H3,(H,24,27)/b23-16+. The largest absolute Gasteiger partial charge is 0.504 e. The van der Waals surface area contributed by atoms with Gasteiger partial charge < -0.3 is 9.84 Å². The van der Waals surface area contributed by atoms with Gasteiger partial charge in [-0.25, -0.2) is 10.2 Å². The highest BCUT2D eigenvalue weighted by Crippen LogP contribution is 2.26. The van der Waals surface area contributed by atoms with Crippen LogP contribution in [-0.2, 0) is 0 Å². The Labute approximate surface area is 163 Å². The molecular formula is C22H21N3O3. The van der Waals surface area contributed by atoms with E-state index in [-0.39, 0.29) is 5.75 Å². The predicted molar refractivity (Wildman–Crippen MR) is 110 cm³/mol. The van der Waals surface area contributed by atoms with E-state index >= 15 is 0 Å². The molecule has 0 saturated carbocycles. The van der Waals surface area contributed by atoms with Crippen LogP contribution in [0.5, 0.6) is 11.5 Å². The SMILES string of the molecule is CCOc1cc(/C=N/NC(=O)N(c2ccccc2)c2ccccc2)ccc1O. The summed E-state index contributed by atoms with van der Waals surface area (Å²) in [5.41, 5.74) is 4.69. The molecule has 2 N–H and O–H groups in total. The van der Waals surface area contributed by atoms with Crippen molar-refractivity contribution in [2.75, 3.05) is 11.5 Å². The van der Waals surface area contributed by atoms with Crippen LogP contribution < -0.4 is 15.1 Å². The Kier molecular flexibility index (Phi) is 6.25. The zero-order valence-corrected chi connectivity index (χ0v) is 15.4. The van der Waals surface area contributed by atoms with E-state index in [9.17, 15) is 9.90 Å². The lowest BCUT2D eigenvalue weighted by Gasteiger charge is -2.22. The predicted octanol–water partition coefficient (Wildman–Crippen LogP) is 4.67. The van der Waals surface area contributed by atoms with Crippen molar-refractivity contribution in [1.29, 1.82) is 0 Å². The van der Waals surface area contributed by atoms with E-state index in [2.05, 4.69) is 10.5 Å². The Morgan fingerprint density at radius 2 is 1.64 bits per heavy atom. The van der Waals surface area contributed by atoms with Gasteiger partial charge in [-0.05, 0) is 55.0 Å². The average Bonchev–Trinajstić information content (AvgIpc) is 2.72. The number of para-hydroxylation sites is 2. The number of phenolic OH excluding ortho intramolecular Hbond substituents is 1. The summed E-state index contributed by atoms with van der Waals surface area (Å²) >= 11 is 0. The van der Waals surface area contributed by atoms with Crippen molar-refractivity contribution >= 4 is 23.6 Å². The maximum absolute atomic E-state index is 12.8. The van der Waals surface area contributed by atoms with Crippen LogP contribution in [0.4, 0.5) is 16.2 Å². The first-order valence-corrected chi connectivity index (χ1v) is 8.88. The number of ether oxygens (including phenoxy) is 1. The lowest BCUT2D eigenvalue weighted by atomic mass is 10.2. The number of benzene rings is 3. The summed E-state index contributed by atoms with van der Waals surface area (Å²) in [6, 6.07) is 23.1. The monoisotopic (exact) mass is 375 g/mol. The highest BCUT2D eigenvalue weighted by Gasteiger charge is 2.17. The van der Waals surface area contributed by atoms with Gasteiger partial charge in [0.05, 0.1) is 24.2 Å². The zero-order valence-electron chi connectivity index (χ0n) is 15.4. The molecule has 0 fully saturated rings. The summed E-state index contributed by atoms with van der Waals surface area (Å²) in [5, 5.41) is 13.8. The maximum atomic E-state index is 12.8. The molecule has 142 valence electrons. The van der Waals surface area contributed by atoms with Gasteiger partial charge in [0.1, 0.15) is 0 Å². The molecule has 2 amide bonds. The minimum absolute atomic E-state index is 0.0577. The number of hydrogen-bond donors (Lipinski definition) is 2. The number of hydrogen-bond acceptors (Lipinski definition) is 4. The van der Waals surface area contributed by atoms with Crippen LogP contribution >= 0.6 is 0 Å². The van der Waals surface area contributed by atoms with E-state index < -0.39 is 6.03 Å². The van der Waals surface area contributed by atoms with E-state index in [1.165, 1.54) is 12.3 Å².